The van der Waals surface area contributed by atoms with Crippen molar-refractivity contribution >= 4 is 35.4 Å². The molecule has 0 aliphatic heterocycles. The second kappa shape index (κ2) is 8.82. The number of esters is 2. The monoisotopic (exact) mass is 408 g/mol. The van der Waals surface area contributed by atoms with Gasteiger partial charge in [-0.15, -0.1) is 0 Å². The van der Waals surface area contributed by atoms with E-state index in [0.717, 1.165) is 12.1 Å². The zero-order valence-corrected chi connectivity index (χ0v) is 15.6. The van der Waals surface area contributed by atoms with Crippen LogP contribution in [0.15, 0.2) is 21.0 Å². The van der Waals surface area contributed by atoms with Crippen LogP contribution in [-0.4, -0.2) is 41.8 Å². The largest absolute Gasteiger partial charge is 0.462 e. The van der Waals surface area contributed by atoms with E-state index in [9.17, 15) is 29.3 Å². The first kappa shape index (κ1) is 21.3. The summed E-state index contributed by atoms with van der Waals surface area (Å²) in [5.41, 5.74) is -0.295. The lowest BCUT2D eigenvalue weighted by Gasteiger charge is -2.06. The Kier molecular flexibility index (Phi) is 6.49. The molecule has 2 rings (SSSR count). The molecule has 29 heavy (non-hydrogen) atoms. The van der Waals surface area contributed by atoms with Gasteiger partial charge in [0.15, 0.2) is 12.4 Å². The lowest BCUT2D eigenvalue weighted by molar-refractivity contribution is -0.402. The number of nitrogens with one attached hydrogen (secondary N) is 1. The number of carbonyl (C=O) groups excluding carboxylic acids is 4. The van der Waals surface area contributed by atoms with E-state index < -0.39 is 46.8 Å². The summed E-state index contributed by atoms with van der Waals surface area (Å²) in [5.74, 6) is -4.72. The molecule has 0 spiro atoms. The summed E-state index contributed by atoms with van der Waals surface area (Å²) in [6.07, 6.45) is 0. The predicted octanol–water partition coefficient (Wildman–Crippen LogP) is 2.26. The van der Waals surface area contributed by atoms with Gasteiger partial charge >= 0.3 is 17.8 Å². The van der Waals surface area contributed by atoms with Gasteiger partial charge in [0, 0.05) is 0 Å². The van der Waals surface area contributed by atoms with Crippen molar-refractivity contribution in [3.05, 3.63) is 44.9 Å². The fraction of sp³-hybridized carbons (Fsp3) is 0.294. The van der Waals surface area contributed by atoms with Gasteiger partial charge in [-0.05, 0) is 26.8 Å². The minimum Gasteiger partial charge on any atom is -0.462 e. The maximum absolute atomic E-state index is 12.2. The molecule has 0 aliphatic rings. The molecule has 154 valence electrons. The Morgan fingerprint density at radius 2 is 1.79 bits per heavy atom. The van der Waals surface area contributed by atoms with E-state index in [1.807, 2.05) is 0 Å². The number of furan rings is 2. The fourth-order valence-corrected chi connectivity index (χ4v) is 2.36. The zero-order chi connectivity index (χ0) is 21.7. The number of hydrogen-bond donors (Lipinski definition) is 1. The van der Waals surface area contributed by atoms with Gasteiger partial charge in [0.1, 0.15) is 16.2 Å². The number of nitrogens with zero attached hydrogens (tertiary/aromatic N) is 1. The Bertz CT molecular complexity index is 985. The van der Waals surface area contributed by atoms with Crippen molar-refractivity contribution in [1.29, 1.82) is 0 Å². The van der Waals surface area contributed by atoms with Crippen LogP contribution >= 0.6 is 0 Å². The molecule has 0 unspecified atom stereocenters. The van der Waals surface area contributed by atoms with Gasteiger partial charge < -0.3 is 18.3 Å². The van der Waals surface area contributed by atoms with Gasteiger partial charge in [0.05, 0.1) is 18.2 Å². The topological polar surface area (TPSA) is 168 Å². The van der Waals surface area contributed by atoms with Crippen molar-refractivity contribution in [3.63, 3.8) is 0 Å². The summed E-state index contributed by atoms with van der Waals surface area (Å²) in [6.45, 7) is 3.43. The van der Waals surface area contributed by atoms with Crippen molar-refractivity contribution < 1.29 is 42.4 Å². The Morgan fingerprint density at radius 3 is 2.34 bits per heavy atom. The molecule has 0 atom stereocenters. The minimum absolute atomic E-state index is 0.0285. The number of nitro groups is 1. The second-order valence-electron chi connectivity index (χ2n) is 5.53. The molecule has 2 heterocycles. The Morgan fingerprint density at radius 1 is 1.10 bits per heavy atom. The first-order chi connectivity index (χ1) is 13.6. The highest BCUT2D eigenvalue weighted by atomic mass is 16.7. The van der Waals surface area contributed by atoms with Crippen LogP contribution in [0.25, 0.3) is 0 Å². The molecule has 0 saturated carbocycles. The van der Waals surface area contributed by atoms with Crippen molar-refractivity contribution in [3.8, 4) is 0 Å². The minimum atomic E-state index is -1.11. The highest BCUT2D eigenvalue weighted by Gasteiger charge is 2.29. The van der Waals surface area contributed by atoms with Crippen molar-refractivity contribution in [2.75, 3.05) is 18.5 Å². The standard InChI is InChI=1S/C17H16N2O10/c1-4-26-17(23)14-13(8(2)20)9(3)28-15(14)18-11(21)7-27-16(22)10-5-6-12(29-10)19(24)25/h5-6H,4,7H2,1-3H3,(H,18,21). The van der Waals surface area contributed by atoms with Crippen LogP contribution in [-0.2, 0) is 14.3 Å². The van der Waals surface area contributed by atoms with Gasteiger partial charge in [-0.3, -0.25) is 25.0 Å². The molecule has 12 nitrogen and oxygen atoms in total. The molecule has 1 amide bonds. The number of Topliss-reactive ketones (excluding diaryl/α,β-unsaturated/α-hetero) is 1. The van der Waals surface area contributed by atoms with E-state index in [4.69, 9.17) is 13.9 Å². The molecule has 0 radical (unpaired) electrons. The molecule has 0 aromatic carbocycles. The highest BCUT2D eigenvalue weighted by molar-refractivity contribution is 6.10. The number of rotatable bonds is 8. The van der Waals surface area contributed by atoms with Gasteiger partial charge in [-0.2, -0.15) is 0 Å². The van der Waals surface area contributed by atoms with E-state index in [0.29, 0.717) is 0 Å². The molecule has 0 saturated heterocycles. The van der Waals surface area contributed by atoms with Crippen LogP contribution < -0.4 is 5.32 Å². The van der Waals surface area contributed by atoms with E-state index >= 15 is 0 Å². The third-order valence-electron chi connectivity index (χ3n) is 3.48. The lowest BCUT2D eigenvalue weighted by atomic mass is 10.1. The van der Waals surface area contributed by atoms with Crippen molar-refractivity contribution in [1.82, 2.24) is 0 Å². The molecule has 1 N–H and O–H groups in total. The smallest absolute Gasteiger partial charge is 0.433 e. The summed E-state index contributed by atoms with van der Waals surface area (Å²) in [6, 6.07) is 1.98. The maximum atomic E-state index is 12.2. The third kappa shape index (κ3) is 4.86. The van der Waals surface area contributed by atoms with Crippen LogP contribution in [0.4, 0.5) is 11.8 Å². The third-order valence-corrected chi connectivity index (χ3v) is 3.48. The highest BCUT2D eigenvalue weighted by Crippen LogP contribution is 2.28. The van der Waals surface area contributed by atoms with Gasteiger partial charge in [0.2, 0.25) is 11.6 Å². The summed E-state index contributed by atoms with van der Waals surface area (Å²) in [5, 5.41) is 12.8. The van der Waals surface area contributed by atoms with Crippen LogP contribution in [0, 0.1) is 17.0 Å². The lowest BCUT2D eigenvalue weighted by Crippen LogP contribution is -2.22. The number of carbonyl (C=O) groups is 4. The molecule has 0 aliphatic carbocycles. The summed E-state index contributed by atoms with van der Waals surface area (Å²) >= 11 is 0. The molecule has 0 bridgehead atoms. The fourth-order valence-electron chi connectivity index (χ4n) is 2.36. The maximum Gasteiger partial charge on any atom is 0.433 e. The normalized spacial score (nSPS) is 10.3. The summed E-state index contributed by atoms with van der Waals surface area (Å²) in [4.78, 5) is 57.5. The number of aryl methyl sites for hydroxylation is 1. The first-order valence-corrected chi connectivity index (χ1v) is 8.18. The number of ether oxygens (including phenoxy) is 2. The average molecular weight is 408 g/mol. The number of ketones is 1. The number of hydrogen-bond acceptors (Lipinski definition) is 10. The van der Waals surface area contributed by atoms with E-state index in [2.05, 4.69) is 9.73 Å². The Balaban J connectivity index is 2.11. The zero-order valence-electron chi connectivity index (χ0n) is 15.6. The molecule has 2 aromatic rings. The van der Waals surface area contributed by atoms with Crippen LogP contribution in [0.3, 0.4) is 0 Å². The molecule has 0 fully saturated rings. The Labute approximate surface area is 162 Å². The van der Waals surface area contributed by atoms with Crippen molar-refractivity contribution in [2.45, 2.75) is 20.8 Å². The predicted molar refractivity (Wildman–Crippen MR) is 93.7 cm³/mol. The van der Waals surface area contributed by atoms with E-state index in [1.54, 1.807) is 6.92 Å². The average Bonchev–Trinajstić information content (AvgIpc) is 3.24. The van der Waals surface area contributed by atoms with Gasteiger partial charge in [0.25, 0.3) is 5.91 Å². The van der Waals surface area contributed by atoms with E-state index in [-0.39, 0.29) is 29.4 Å². The SMILES string of the molecule is CCOC(=O)c1c(NC(=O)COC(=O)c2ccc([N+](=O)[O-])o2)oc(C)c1C(C)=O. The quantitative estimate of drug-likeness (QED) is 0.296. The van der Waals surface area contributed by atoms with Gasteiger partial charge in [-0.25, -0.2) is 9.59 Å². The second-order valence-corrected chi connectivity index (χ2v) is 5.53. The van der Waals surface area contributed by atoms with E-state index in [1.165, 1.54) is 13.8 Å². The van der Waals surface area contributed by atoms with Gasteiger partial charge in [-0.1, -0.05) is 0 Å². The molecular weight excluding hydrogens is 392 g/mol. The number of anilines is 1. The summed E-state index contributed by atoms with van der Waals surface area (Å²) in [7, 11) is 0. The number of amides is 1. The van der Waals surface area contributed by atoms with Crippen LogP contribution in [0.2, 0.25) is 0 Å². The summed E-state index contributed by atoms with van der Waals surface area (Å²) < 4.78 is 19.5. The van der Waals surface area contributed by atoms with Crippen molar-refractivity contribution in [2.24, 2.45) is 0 Å². The Hall–Kier alpha value is -3.96. The van der Waals surface area contributed by atoms with Crippen LogP contribution in [0.1, 0.15) is 50.9 Å². The molecule has 12 heteroatoms. The first-order valence-electron chi connectivity index (χ1n) is 8.18. The van der Waals surface area contributed by atoms with Crippen LogP contribution in [0.5, 0.6) is 0 Å². The molecule has 2 aromatic heterocycles. The molecular formula is C17H16N2O10.